The van der Waals surface area contributed by atoms with E-state index in [1.54, 1.807) is 11.3 Å². The van der Waals surface area contributed by atoms with Gasteiger partial charge in [-0.25, -0.2) is 9.97 Å². The third-order valence-corrected chi connectivity index (χ3v) is 4.57. The molecule has 2 aromatic heterocycles. The van der Waals surface area contributed by atoms with Crippen molar-refractivity contribution in [3.8, 4) is 0 Å². The predicted octanol–water partition coefficient (Wildman–Crippen LogP) is 4.13. The molecule has 0 amide bonds. The van der Waals surface area contributed by atoms with Gasteiger partial charge in [-0.3, -0.25) is 0 Å². The molecule has 0 aliphatic rings. The molecular formula is C16H18ClN3S. The summed E-state index contributed by atoms with van der Waals surface area (Å²) in [6, 6.07) is 6.43. The van der Waals surface area contributed by atoms with Crippen LogP contribution in [0.15, 0.2) is 23.6 Å². The molecule has 0 aliphatic carbocycles. The molecule has 3 rings (SSSR count). The van der Waals surface area contributed by atoms with Crippen LogP contribution in [-0.2, 0) is 19.4 Å². The van der Waals surface area contributed by atoms with E-state index in [0.717, 1.165) is 41.4 Å². The number of nitrogens with zero attached hydrogens (tertiary/aromatic N) is 3. The molecule has 1 aromatic carbocycles. The minimum atomic E-state index is 0.595. The number of benzene rings is 1. The fraction of sp³-hybridized carbons (Fsp3) is 0.375. The van der Waals surface area contributed by atoms with Crippen LogP contribution in [0, 0.1) is 13.8 Å². The highest BCUT2D eigenvalue weighted by Gasteiger charge is 2.11. The van der Waals surface area contributed by atoms with E-state index in [2.05, 4.69) is 40.1 Å². The molecule has 0 atom stereocenters. The number of thiazole rings is 1. The Hall–Kier alpha value is -1.39. The molecule has 0 N–H and O–H groups in total. The zero-order valence-corrected chi connectivity index (χ0v) is 13.8. The molecule has 3 aromatic rings. The summed E-state index contributed by atoms with van der Waals surface area (Å²) in [7, 11) is 0. The molecule has 0 bridgehead atoms. The Balaban J connectivity index is 1.92. The van der Waals surface area contributed by atoms with Crippen LogP contribution in [0.1, 0.15) is 22.1 Å². The van der Waals surface area contributed by atoms with Gasteiger partial charge in [0.25, 0.3) is 0 Å². The van der Waals surface area contributed by atoms with Crippen LogP contribution in [-0.4, -0.2) is 20.4 Å². The molecule has 3 nitrogen and oxygen atoms in total. The predicted molar refractivity (Wildman–Crippen MR) is 89.4 cm³/mol. The third-order valence-electron chi connectivity index (χ3n) is 3.56. The summed E-state index contributed by atoms with van der Waals surface area (Å²) in [4.78, 5) is 9.28. The molecule has 0 aliphatic heterocycles. The van der Waals surface area contributed by atoms with Gasteiger partial charge in [-0.15, -0.1) is 22.9 Å². The monoisotopic (exact) mass is 319 g/mol. The summed E-state index contributed by atoms with van der Waals surface area (Å²) in [6.07, 6.45) is 1.73. The maximum absolute atomic E-state index is 5.92. The molecule has 0 unspecified atom stereocenters. The normalized spacial score (nSPS) is 11.4. The van der Waals surface area contributed by atoms with Gasteiger partial charge >= 0.3 is 0 Å². The molecule has 2 heterocycles. The topological polar surface area (TPSA) is 30.7 Å². The maximum atomic E-state index is 5.92. The van der Waals surface area contributed by atoms with Gasteiger partial charge in [0, 0.05) is 30.6 Å². The van der Waals surface area contributed by atoms with Crippen molar-refractivity contribution in [2.24, 2.45) is 0 Å². The quantitative estimate of drug-likeness (QED) is 0.662. The standard InChI is InChI=1S/C16H18ClN3S/c1-11-3-4-15-14(9-11)19-16(5-7-17)20(15)8-6-13-10-21-12(2)18-13/h3-4,9-10H,5-8H2,1-2H3. The maximum Gasteiger partial charge on any atom is 0.111 e. The van der Waals surface area contributed by atoms with Crippen LogP contribution in [0.2, 0.25) is 0 Å². The van der Waals surface area contributed by atoms with Crippen molar-refractivity contribution in [3.63, 3.8) is 0 Å². The summed E-state index contributed by atoms with van der Waals surface area (Å²) >= 11 is 7.63. The number of aryl methyl sites for hydroxylation is 5. The van der Waals surface area contributed by atoms with Crippen molar-refractivity contribution in [1.29, 1.82) is 0 Å². The second kappa shape index (κ2) is 6.16. The van der Waals surface area contributed by atoms with Gasteiger partial charge in [-0.2, -0.15) is 0 Å². The van der Waals surface area contributed by atoms with Gasteiger partial charge in [0.05, 0.1) is 21.7 Å². The number of alkyl halides is 1. The Morgan fingerprint density at radius 1 is 1.19 bits per heavy atom. The van der Waals surface area contributed by atoms with E-state index < -0.39 is 0 Å². The zero-order valence-electron chi connectivity index (χ0n) is 12.3. The molecule has 0 fully saturated rings. The van der Waals surface area contributed by atoms with Crippen molar-refractivity contribution in [2.75, 3.05) is 5.88 Å². The van der Waals surface area contributed by atoms with Gasteiger partial charge in [0.15, 0.2) is 0 Å². The van der Waals surface area contributed by atoms with Crippen molar-refractivity contribution < 1.29 is 0 Å². The lowest BCUT2D eigenvalue weighted by Gasteiger charge is -2.07. The number of fused-ring (bicyclic) bond motifs is 1. The highest BCUT2D eigenvalue weighted by Crippen LogP contribution is 2.20. The van der Waals surface area contributed by atoms with Crippen molar-refractivity contribution >= 4 is 34.0 Å². The molecule has 21 heavy (non-hydrogen) atoms. The molecule has 0 radical (unpaired) electrons. The lowest BCUT2D eigenvalue weighted by atomic mass is 10.2. The second-order valence-electron chi connectivity index (χ2n) is 5.22. The highest BCUT2D eigenvalue weighted by atomic mass is 35.5. The van der Waals surface area contributed by atoms with Gasteiger partial charge in [0.2, 0.25) is 0 Å². The minimum Gasteiger partial charge on any atom is -0.328 e. The third kappa shape index (κ3) is 3.11. The average molecular weight is 320 g/mol. The van der Waals surface area contributed by atoms with E-state index in [1.807, 2.05) is 6.92 Å². The first-order chi connectivity index (χ1) is 10.2. The number of hydrogen-bond acceptors (Lipinski definition) is 3. The highest BCUT2D eigenvalue weighted by molar-refractivity contribution is 7.09. The van der Waals surface area contributed by atoms with Crippen molar-refractivity contribution in [3.05, 3.63) is 45.7 Å². The molecule has 0 saturated heterocycles. The fourth-order valence-corrected chi connectivity index (χ4v) is 3.38. The average Bonchev–Trinajstić information content (AvgIpc) is 3.00. The summed E-state index contributed by atoms with van der Waals surface area (Å²) in [5, 5.41) is 3.26. The number of aromatic nitrogens is 3. The van der Waals surface area contributed by atoms with Crippen LogP contribution in [0.4, 0.5) is 0 Å². The van der Waals surface area contributed by atoms with Crippen LogP contribution in [0.5, 0.6) is 0 Å². The molecule has 5 heteroatoms. The smallest absolute Gasteiger partial charge is 0.111 e. The molecule has 0 saturated carbocycles. The molecular weight excluding hydrogens is 302 g/mol. The Labute approximate surface area is 133 Å². The molecule has 0 spiro atoms. The largest absolute Gasteiger partial charge is 0.328 e. The summed E-state index contributed by atoms with van der Waals surface area (Å²) in [6.45, 7) is 5.04. The van der Waals surface area contributed by atoms with Gasteiger partial charge < -0.3 is 4.57 Å². The second-order valence-corrected chi connectivity index (χ2v) is 6.66. The summed E-state index contributed by atoms with van der Waals surface area (Å²) < 4.78 is 2.28. The van der Waals surface area contributed by atoms with E-state index in [4.69, 9.17) is 16.6 Å². The first-order valence-electron chi connectivity index (χ1n) is 7.10. The van der Waals surface area contributed by atoms with Crippen LogP contribution >= 0.6 is 22.9 Å². The summed E-state index contributed by atoms with van der Waals surface area (Å²) in [5.41, 5.74) is 4.64. The van der Waals surface area contributed by atoms with E-state index >= 15 is 0 Å². The van der Waals surface area contributed by atoms with Gasteiger partial charge in [-0.05, 0) is 31.5 Å². The lowest BCUT2D eigenvalue weighted by molar-refractivity contribution is 0.667. The van der Waals surface area contributed by atoms with Gasteiger partial charge in [0.1, 0.15) is 5.82 Å². The number of imidazole rings is 1. The fourth-order valence-electron chi connectivity index (χ4n) is 2.56. The van der Waals surface area contributed by atoms with Crippen LogP contribution < -0.4 is 0 Å². The SMILES string of the molecule is Cc1ccc2c(c1)nc(CCCl)n2CCc1csc(C)n1. The lowest BCUT2D eigenvalue weighted by Crippen LogP contribution is -2.07. The Morgan fingerprint density at radius 3 is 2.76 bits per heavy atom. The number of halogens is 1. The first-order valence-corrected chi connectivity index (χ1v) is 8.51. The van der Waals surface area contributed by atoms with Crippen LogP contribution in [0.25, 0.3) is 11.0 Å². The van der Waals surface area contributed by atoms with Crippen LogP contribution in [0.3, 0.4) is 0 Å². The van der Waals surface area contributed by atoms with Crippen molar-refractivity contribution in [1.82, 2.24) is 14.5 Å². The van der Waals surface area contributed by atoms with E-state index in [0.29, 0.717) is 5.88 Å². The van der Waals surface area contributed by atoms with E-state index in [1.165, 1.54) is 11.1 Å². The summed E-state index contributed by atoms with van der Waals surface area (Å²) in [5.74, 6) is 1.66. The Morgan fingerprint density at radius 2 is 2.05 bits per heavy atom. The van der Waals surface area contributed by atoms with Gasteiger partial charge in [-0.1, -0.05) is 6.07 Å². The Kier molecular flexibility index (Phi) is 4.27. The minimum absolute atomic E-state index is 0.595. The zero-order chi connectivity index (χ0) is 14.8. The number of hydrogen-bond donors (Lipinski definition) is 0. The number of rotatable bonds is 5. The van der Waals surface area contributed by atoms with Crippen molar-refractivity contribution in [2.45, 2.75) is 33.2 Å². The first kappa shape index (κ1) is 14.5. The van der Waals surface area contributed by atoms with E-state index in [-0.39, 0.29) is 0 Å². The molecule has 110 valence electrons. The Bertz CT molecular complexity index is 760. The van der Waals surface area contributed by atoms with E-state index in [9.17, 15) is 0 Å².